The molecule has 0 bridgehead atoms. The first-order chi connectivity index (χ1) is 14.9. The first kappa shape index (κ1) is 20.6. The van der Waals surface area contributed by atoms with E-state index >= 15 is 0 Å². The number of nitrogens with one attached hydrogen (secondary N) is 1. The normalized spacial score (nSPS) is 13.5. The van der Waals surface area contributed by atoms with E-state index in [4.69, 9.17) is 5.73 Å². The van der Waals surface area contributed by atoms with Crippen molar-refractivity contribution in [3.63, 3.8) is 0 Å². The predicted octanol–water partition coefficient (Wildman–Crippen LogP) is 2.68. The highest BCUT2D eigenvalue weighted by Crippen LogP contribution is 2.30. The Bertz CT molecular complexity index is 1240. The van der Waals surface area contributed by atoms with E-state index in [1.54, 1.807) is 41.8 Å². The lowest BCUT2D eigenvalue weighted by atomic mass is 10.1. The Morgan fingerprint density at radius 3 is 2.48 bits per heavy atom. The molecule has 2 amide bonds. The molecule has 2 heterocycles. The van der Waals surface area contributed by atoms with E-state index in [1.807, 2.05) is 13.0 Å². The molecule has 2 aromatic carbocycles. The first-order valence-corrected chi connectivity index (χ1v) is 10.4. The predicted molar refractivity (Wildman–Crippen MR) is 121 cm³/mol. The Morgan fingerprint density at radius 1 is 1.10 bits per heavy atom. The van der Waals surface area contributed by atoms with Crippen LogP contribution in [-0.2, 0) is 6.54 Å². The topological polar surface area (TPSA) is 110 Å². The Morgan fingerprint density at radius 2 is 1.81 bits per heavy atom. The molecule has 1 saturated heterocycles. The van der Waals surface area contributed by atoms with Gasteiger partial charge in [-0.2, -0.15) is 0 Å². The summed E-state index contributed by atoms with van der Waals surface area (Å²) in [5.74, 6) is -0.871. The highest BCUT2D eigenvalue weighted by atomic mass is 16.2. The van der Waals surface area contributed by atoms with E-state index in [9.17, 15) is 14.4 Å². The van der Waals surface area contributed by atoms with Crippen LogP contribution in [0.4, 0.5) is 11.4 Å². The fourth-order valence-electron chi connectivity index (χ4n) is 4.05. The molecule has 0 aliphatic carbocycles. The van der Waals surface area contributed by atoms with Gasteiger partial charge in [-0.05, 0) is 63.1 Å². The van der Waals surface area contributed by atoms with Crippen LogP contribution in [0, 0.1) is 6.92 Å². The Kier molecular flexibility index (Phi) is 5.46. The molecule has 8 heteroatoms. The molecule has 4 rings (SSSR count). The number of amides is 2. The van der Waals surface area contributed by atoms with Gasteiger partial charge in [0, 0.05) is 30.8 Å². The SMILES string of the molecule is CCn1c(=O)c(C)nc2cc(C(=O)Nc3cc(C(N)=O)ccc3N3CCCC3)ccc21. The number of carbonyl (C=O) groups excluding carboxylic acids is 2. The van der Waals surface area contributed by atoms with Gasteiger partial charge in [-0.25, -0.2) is 4.98 Å². The van der Waals surface area contributed by atoms with Crippen molar-refractivity contribution in [1.29, 1.82) is 0 Å². The molecule has 160 valence electrons. The van der Waals surface area contributed by atoms with Crippen molar-refractivity contribution in [3.8, 4) is 0 Å². The molecule has 0 atom stereocenters. The maximum atomic E-state index is 13.1. The molecule has 0 saturated carbocycles. The van der Waals surface area contributed by atoms with Crippen molar-refractivity contribution < 1.29 is 9.59 Å². The third kappa shape index (κ3) is 3.88. The van der Waals surface area contributed by atoms with Crippen LogP contribution >= 0.6 is 0 Å². The molecule has 1 aliphatic rings. The minimum Gasteiger partial charge on any atom is -0.370 e. The van der Waals surface area contributed by atoms with Gasteiger partial charge in [0.05, 0.1) is 22.4 Å². The van der Waals surface area contributed by atoms with Crippen molar-refractivity contribution in [2.45, 2.75) is 33.2 Å². The number of hydrogen-bond donors (Lipinski definition) is 2. The lowest BCUT2D eigenvalue weighted by molar-refractivity contribution is 0.0996. The average Bonchev–Trinajstić information content (AvgIpc) is 3.29. The van der Waals surface area contributed by atoms with Gasteiger partial charge in [0.25, 0.3) is 11.5 Å². The zero-order valence-electron chi connectivity index (χ0n) is 17.6. The van der Waals surface area contributed by atoms with Crippen LogP contribution in [0.1, 0.15) is 46.2 Å². The number of primary amides is 1. The number of aromatic nitrogens is 2. The molecule has 31 heavy (non-hydrogen) atoms. The molecule has 3 N–H and O–H groups in total. The molecule has 1 aliphatic heterocycles. The van der Waals surface area contributed by atoms with E-state index in [2.05, 4.69) is 15.2 Å². The highest BCUT2D eigenvalue weighted by Gasteiger charge is 2.19. The van der Waals surface area contributed by atoms with Crippen molar-refractivity contribution in [1.82, 2.24) is 9.55 Å². The molecule has 0 radical (unpaired) electrons. The molecular formula is C23H25N5O3. The summed E-state index contributed by atoms with van der Waals surface area (Å²) in [6, 6.07) is 10.2. The number of rotatable bonds is 5. The molecule has 3 aromatic rings. The van der Waals surface area contributed by atoms with E-state index in [0.29, 0.717) is 40.1 Å². The fraction of sp³-hybridized carbons (Fsp3) is 0.304. The Hall–Kier alpha value is -3.68. The van der Waals surface area contributed by atoms with Gasteiger partial charge in [0.15, 0.2) is 0 Å². The maximum absolute atomic E-state index is 13.1. The van der Waals surface area contributed by atoms with E-state index in [0.717, 1.165) is 31.6 Å². The van der Waals surface area contributed by atoms with Gasteiger partial charge in [-0.1, -0.05) is 0 Å². The molecular weight excluding hydrogens is 394 g/mol. The summed E-state index contributed by atoms with van der Waals surface area (Å²) in [4.78, 5) is 43.6. The number of nitrogens with zero attached hydrogens (tertiary/aromatic N) is 3. The number of carbonyl (C=O) groups is 2. The minimum atomic E-state index is -0.550. The summed E-state index contributed by atoms with van der Waals surface area (Å²) in [5.41, 5.74) is 9.12. The van der Waals surface area contributed by atoms with Crippen molar-refractivity contribution in [3.05, 3.63) is 63.6 Å². The number of aryl methyl sites for hydroxylation is 2. The lowest BCUT2D eigenvalue weighted by Crippen LogP contribution is -2.24. The average molecular weight is 419 g/mol. The highest BCUT2D eigenvalue weighted by molar-refractivity contribution is 6.08. The maximum Gasteiger partial charge on any atom is 0.272 e. The lowest BCUT2D eigenvalue weighted by Gasteiger charge is -2.22. The standard InChI is InChI=1S/C23H25N5O3/c1-3-28-20-9-7-16(13-18(20)25-14(2)23(28)31)22(30)26-17-12-15(21(24)29)6-8-19(17)27-10-4-5-11-27/h6-9,12-13H,3-5,10-11H2,1-2H3,(H2,24,29)(H,26,30). The summed E-state index contributed by atoms with van der Waals surface area (Å²) in [6.07, 6.45) is 2.17. The summed E-state index contributed by atoms with van der Waals surface area (Å²) < 4.78 is 1.64. The molecule has 8 nitrogen and oxygen atoms in total. The Balaban J connectivity index is 1.71. The van der Waals surface area contributed by atoms with Gasteiger partial charge in [0.1, 0.15) is 5.69 Å². The van der Waals surface area contributed by atoms with Gasteiger partial charge in [-0.15, -0.1) is 0 Å². The van der Waals surface area contributed by atoms with Crippen LogP contribution < -0.4 is 21.5 Å². The van der Waals surface area contributed by atoms with Gasteiger partial charge in [0.2, 0.25) is 5.91 Å². The Labute approximate surface area is 179 Å². The van der Waals surface area contributed by atoms with E-state index in [1.165, 1.54) is 0 Å². The van der Waals surface area contributed by atoms with E-state index in [-0.39, 0.29) is 11.5 Å². The zero-order valence-corrected chi connectivity index (χ0v) is 17.6. The number of fused-ring (bicyclic) bond motifs is 1. The number of benzene rings is 2. The molecule has 0 unspecified atom stereocenters. The van der Waals surface area contributed by atoms with Gasteiger partial charge < -0.3 is 20.5 Å². The molecule has 0 spiro atoms. The second-order valence-electron chi connectivity index (χ2n) is 7.69. The number of anilines is 2. The van der Waals surface area contributed by atoms with Crippen LogP contribution in [0.3, 0.4) is 0 Å². The fourth-order valence-corrected chi connectivity index (χ4v) is 4.05. The number of hydrogen-bond acceptors (Lipinski definition) is 5. The smallest absolute Gasteiger partial charge is 0.272 e. The van der Waals surface area contributed by atoms with Crippen LogP contribution in [0.15, 0.2) is 41.2 Å². The van der Waals surface area contributed by atoms with Crippen LogP contribution in [0.25, 0.3) is 11.0 Å². The summed E-state index contributed by atoms with van der Waals surface area (Å²) in [5, 5.41) is 2.93. The summed E-state index contributed by atoms with van der Waals surface area (Å²) in [6.45, 7) is 5.87. The number of nitrogens with two attached hydrogens (primary N) is 1. The summed E-state index contributed by atoms with van der Waals surface area (Å²) in [7, 11) is 0. The third-order valence-corrected chi connectivity index (χ3v) is 5.66. The van der Waals surface area contributed by atoms with Crippen LogP contribution in [-0.4, -0.2) is 34.5 Å². The third-order valence-electron chi connectivity index (χ3n) is 5.66. The second-order valence-corrected chi connectivity index (χ2v) is 7.69. The quantitative estimate of drug-likeness (QED) is 0.661. The van der Waals surface area contributed by atoms with Crippen molar-refractivity contribution in [2.75, 3.05) is 23.3 Å². The first-order valence-electron chi connectivity index (χ1n) is 10.4. The van der Waals surface area contributed by atoms with Crippen LogP contribution in [0.5, 0.6) is 0 Å². The molecule has 1 fully saturated rings. The van der Waals surface area contributed by atoms with Crippen molar-refractivity contribution in [2.24, 2.45) is 5.73 Å². The monoisotopic (exact) mass is 419 g/mol. The van der Waals surface area contributed by atoms with Gasteiger partial charge in [-0.3, -0.25) is 14.4 Å². The second kappa shape index (κ2) is 8.22. The largest absolute Gasteiger partial charge is 0.370 e. The molecule has 1 aromatic heterocycles. The summed E-state index contributed by atoms with van der Waals surface area (Å²) >= 11 is 0. The minimum absolute atomic E-state index is 0.134. The van der Waals surface area contributed by atoms with Crippen LogP contribution in [0.2, 0.25) is 0 Å². The van der Waals surface area contributed by atoms with Gasteiger partial charge >= 0.3 is 0 Å². The zero-order chi connectivity index (χ0) is 22.1. The van der Waals surface area contributed by atoms with Crippen molar-refractivity contribution >= 4 is 34.2 Å². The van der Waals surface area contributed by atoms with E-state index < -0.39 is 5.91 Å².